The zero-order valence-electron chi connectivity index (χ0n) is 15.8. The number of hydrogen-bond acceptors (Lipinski definition) is 5. The lowest BCUT2D eigenvalue weighted by molar-refractivity contribution is -0.385. The second-order valence-corrected chi connectivity index (χ2v) is 6.91. The van der Waals surface area contributed by atoms with Crippen molar-refractivity contribution in [1.29, 1.82) is 0 Å². The van der Waals surface area contributed by atoms with Crippen molar-refractivity contribution in [2.24, 2.45) is 5.10 Å². The van der Waals surface area contributed by atoms with Crippen LogP contribution in [0.25, 0.3) is 0 Å². The second kappa shape index (κ2) is 12.0. The molecule has 0 heterocycles. The molecule has 0 unspecified atom stereocenters. The number of hydrazone groups is 1. The molecule has 2 rings (SSSR count). The second-order valence-electron chi connectivity index (χ2n) is 6.91. The summed E-state index contributed by atoms with van der Waals surface area (Å²) in [5.74, 6) is -0.330. The summed E-state index contributed by atoms with van der Waals surface area (Å²) in [5.41, 5.74) is 3.40. The molecule has 1 fully saturated rings. The normalized spacial score (nSPS) is 16.5. The van der Waals surface area contributed by atoms with Crippen molar-refractivity contribution in [1.82, 2.24) is 5.43 Å². The number of nitrogens with one attached hydrogen (secondary N) is 1. The Kier molecular flexibility index (Phi) is 9.30. The van der Waals surface area contributed by atoms with Gasteiger partial charge in [0, 0.05) is 11.8 Å². The fourth-order valence-electron chi connectivity index (χ4n) is 3.18. The molecule has 1 aliphatic rings. The Balaban J connectivity index is 1.83. The molecule has 0 spiro atoms. The number of nitrogens with zero attached hydrogens (tertiary/aromatic N) is 2. The van der Waals surface area contributed by atoms with Crippen LogP contribution in [0, 0.1) is 10.1 Å². The molecular weight excluding hydrogens is 346 g/mol. The number of ether oxygens (including phenoxy) is 1. The Morgan fingerprint density at radius 3 is 2.15 bits per heavy atom. The van der Waals surface area contributed by atoms with E-state index in [9.17, 15) is 14.9 Å². The maximum absolute atomic E-state index is 12.0. The maximum Gasteiger partial charge on any atom is 0.310 e. The molecule has 7 nitrogen and oxygen atoms in total. The monoisotopic (exact) mass is 375 g/mol. The van der Waals surface area contributed by atoms with E-state index in [1.807, 2.05) is 0 Å². The predicted octanol–water partition coefficient (Wildman–Crippen LogP) is 4.75. The van der Waals surface area contributed by atoms with Crippen molar-refractivity contribution >= 4 is 17.3 Å². The summed E-state index contributed by atoms with van der Waals surface area (Å²) in [7, 11) is 0. The molecule has 1 N–H and O–H groups in total. The van der Waals surface area contributed by atoms with E-state index in [1.165, 1.54) is 57.1 Å². The third-order valence-electron chi connectivity index (χ3n) is 4.69. The number of amides is 1. The molecular formula is C20H29N3O4. The van der Waals surface area contributed by atoms with Gasteiger partial charge < -0.3 is 4.74 Å². The standard InChI is InChI=1S/C20H29N3O4/c24-20(16-27-19-15-11-10-14-18(19)23(25)26)22-21-17-12-8-6-4-2-1-3-5-7-9-13-17/h10-11,14-15H,1-9,12-13,16H2,(H,22,24). The van der Waals surface area contributed by atoms with Gasteiger partial charge in [0.15, 0.2) is 12.4 Å². The number of benzene rings is 1. The third kappa shape index (κ3) is 8.19. The highest BCUT2D eigenvalue weighted by molar-refractivity contribution is 5.86. The van der Waals surface area contributed by atoms with Crippen molar-refractivity contribution in [3.63, 3.8) is 0 Å². The SMILES string of the molecule is O=C(COc1ccccc1[N+](=O)[O-])NN=C1CCCCCCCCCCC1. The largest absolute Gasteiger partial charge is 0.477 e. The average Bonchev–Trinajstić information content (AvgIpc) is 2.66. The minimum absolute atomic E-state index is 0.0799. The first-order valence-electron chi connectivity index (χ1n) is 9.87. The summed E-state index contributed by atoms with van der Waals surface area (Å²) in [5, 5.41) is 15.2. The minimum Gasteiger partial charge on any atom is -0.477 e. The molecule has 1 aliphatic carbocycles. The quantitative estimate of drug-likeness (QED) is 0.593. The van der Waals surface area contributed by atoms with Crippen molar-refractivity contribution < 1.29 is 14.5 Å². The summed E-state index contributed by atoms with van der Waals surface area (Å²) in [6, 6.07) is 6.01. The maximum atomic E-state index is 12.0. The van der Waals surface area contributed by atoms with Gasteiger partial charge in [-0.15, -0.1) is 0 Å². The van der Waals surface area contributed by atoms with Gasteiger partial charge >= 0.3 is 5.69 Å². The van der Waals surface area contributed by atoms with E-state index in [0.29, 0.717) is 0 Å². The minimum atomic E-state index is -0.529. The van der Waals surface area contributed by atoms with Gasteiger partial charge in [0.25, 0.3) is 5.91 Å². The Morgan fingerprint density at radius 1 is 1.00 bits per heavy atom. The van der Waals surface area contributed by atoms with Crippen molar-refractivity contribution in [3.05, 3.63) is 34.4 Å². The molecule has 148 valence electrons. The Bertz CT molecular complexity index is 632. The number of carbonyl (C=O) groups excluding carboxylic acids is 1. The number of para-hydroxylation sites is 2. The van der Waals surface area contributed by atoms with E-state index in [-0.39, 0.29) is 18.0 Å². The Hall–Kier alpha value is -2.44. The van der Waals surface area contributed by atoms with Gasteiger partial charge in [-0.25, -0.2) is 5.43 Å². The van der Waals surface area contributed by atoms with Crippen molar-refractivity contribution in [3.8, 4) is 5.75 Å². The van der Waals surface area contributed by atoms with Crippen LogP contribution in [0.2, 0.25) is 0 Å². The zero-order chi connectivity index (χ0) is 19.3. The number of carbonyl (C=O) groups is 1. The highest BCUT2D eigenvalue weighted by atomic mass is 16.6. The predicted molar refractivity (Wildman–Crippen MR) is 105 cm³/mol. The van der Waals surface area contributed by atoms with Crippen LogP contribution < -0.4 is 10.2 Å². The van der Waals surface area contributed by atoms with Crippen LogP contribution in [0.4, 0.5) is 5.69 Å². The van der Waals surface area contributed by atoms with Crippen LogP contribution in [0.1, 0.15) is 70.6 Å². The van der Waals surface area contributed by atoms with Gasteiger partial charge in [0.05, 0.1) is 4.92 Å². The van der Waals surface area contributed by atoms with Gasteiger partial charge in [-0.2, -0.15) is 5.10 Å². The van der Waals surface area contributed by atoms with E-state index < -0.39 is 10.8 Å². The molecule has 0 atom stereocenters. The highest BCUT2D eigenvalue weighted by Gasteiger charge is 2.14. The molecule has 1 saturated carbocycles. The molecule has 7 heteroatoms. The van der Waals surface area contributed by atoms with Crippen LogP contribution in [0.5, 0.6) is 5.75 Å². The fourth-order valence-corrected chi connectivity index (χ4v) is 3.18. The number of hydrogen-bond donors (Lipinski definition) is 1. The Labute approximate surface area is 160 Å². The molecule has 1 amide bonds. The summed E-state index contributed by atoms with van der Waals surface area (Å²) >= 11 is 0. The first kappa shape index (κ1) is 20.9. The van der Waals surface area contributed by atoms with Crippen molar-refractivity contribution in [2.45, 2.75) is 70.6 Å². The van der Waals surface area contributed by atoms with Gasteiger partial charge in [-0.1, -0.05) is 57.1 Å². The summed E-state index contributed by atoms with van der Waals surface area (Å²) in [4.78, 5) is 22.4. The van der Waals surface area contributed by atoms with Gasteiger partial charge in [0.1, 0.15) is 0 Å². The summed E-state index contributed by atoms with van der Waals surface area (Å²) in [6.45, 7) is -0.304. The van der Waals surface area contributed by atoms with E-state index in [4.69, 9.17) is 4.74 Å². The lowest BCUT2D eigenvalue weighted by Crippen LogP contribution is -2.26. The molecule has 0 radical (unpaired) electrons. The van der Waals surface area contributed by atoms with Crippen LogP contribution in [-0.2, 0) is 4.79 Å². The summed E-state index contributed by atoms with van der Waals surface area (Å²) in [6.07, 6.45) is 12.9. The third-order valence-corrected chi connectivity index (χ3v) is 4.69. The number of rotatable bonds is 5. The van der Waals surface area contributed by atoms with E-state index in [1.54, 1.807) is 12.1 Å². The van der Waals surface area contributed by atoms with Crippen LogP contribution in [0.15, 0.2) is 29.4 Å². The van der Waals surface area contributed by atoms with Gasteiger partial charge in [-0.05, 0) is 31.7 Å². The van der Waals surface area contributed by atoms with E-state index >= 15 is 0 Å². The molecule has 0 bridgehead atoms. The Morgan fingerprint density at radius 2 is 1.56 bits per heavy atom. The first-order chi connectivity index (χ1) is 13.2. The molecule has 27 heavy (non-hydrogen) atoms. The average molecular weight is 375 g/mol. The lowest BCUT2D eigenvalue weighted by atomic mass is 10.00. The number of nitro benzene ring substituents is 1. The lowest BCUT2D eigenvalue weighted by Gasteiger charge is -2.10. The number of nitro groups is 1. The van der Waals surface area contributed by atoms with E-state index in [2.05, 4.69) is 10.5 Å². The fraction of sp³-hybridized carbons (Fsp3) is 0.600. The zero-order valence-corrected chi connectivity index (χ0v) is 15.8. The molecule has 1 aromatic rings. The smallest absolute Gasteiger partial charge is 0.310 e. The van der Waals surface area contributed by atoms with Crippen molar-refractivity contribution in [2.75, 3.05) is 6.61 Å². The van der Waals surface area contributed by atoms with Gasteiger partial charge in [-0.3, -0.25) is 14.9 Å². The van der Waals surface area contributed by atoms with E-state index in [0.717, 1.165) is 31.4 Å². The highest BCUT2D eigenvalue weighted by Crippen LogP contribution is 2.25. The van der Waals surface area contributed by atoms with Crippen LogP contribution >= 0.6 is 0 Å². The summed E-state index contributed by atoms with van der Waals surface area (Å²) < 4.78 is 5.29. The van der Waals surface area contributed by atoms with Crippen LogP contribution in [0.3, 0.4) is 0 Å². The molecule has 0 saturated heterocycles. The first-order valence-corrected chi connectivity index (χ1v) is 9.87. The molecule has 0 aliphatic heterocycles. The molecule has 0 aromatic heterocycles. The topological polar surface area (TPSA) is 93.8 Å². The van der Waals surface area contributed by atoms with Gasteiger partial charge in [0.2, 0.25) is 0 Å². The van der Waals surface area contributed by atoms with Crippen LogP contribution in [-0.4, -0.2) is 23.1 Å². The molecule has 1 aromatic carbocycles.